The summed E-state index contributed by atoms with van der Waals surface area (Å²) in [5, 5.41) is 2.96. The zero-order valence-corrected chi connectivity index (χ0v) is 7.41. The maximum absolute atomic E-state index is 10.3. The normalized spacial score (nSPS) is 11.1. The van der Waals surface area contributed by atoms with Crippen molar-refractivity contribution in [2.45, 2.75) is 26.6 Å². The minimum atomic E-state index is -1.30. The molecule has 9 heavy (non-hydrogen) atoms. The fourth-order valence-electron chi connectivity index (χ4n) is 0.276. The number of hydrogen-bond donors (Lipinski definition) is 2. The van der Waals surface area contributed by atoms with Gasteiger partial charge in [0, 0.05) is 6.92 Å². The van der Waals surface area contributed by atoms with E-state index in [1.54, 1.807) is 0 Å². The summed E-state index contributed by atoms with van der Waals surface area (Å²) in [6.07, 6.45) is 0. The van der Waals surface area contributed by atoms with Crippen molar-refractivity contribution in [2.75, 3.05) is 0 Å². The summed E-state index contributed by atoms with van der Waals surface area (Å²) < 4.78 is 0. The van der Waals surface area contributed by atoms with Crippen LogP contribution in [0.1, 0.15) is 6.92 Å². The molecular weight excluding hydrogens is 132 g/mol. The van der Waals surface area contributed by atoms with Crippen LogP contribution in [0.4, 0.5) is 0 Å². The zero-order chi connectivity index (χ0) is 7.49. The van der Waals surface area contributed by atoms with E-state index in [1.165, 1.54) is 6.92 Å². The molecule has 3 nitrogen and oxygen atoms in total. The van der Waals surface area contributed by atoms with Gasteiger partial charge in [0.25, 0.3) is 0 Å². The van der Waals surface area contributed by atoms with Crippen LogP contribution in [-0.2, 0) is 4.79 Å². The molecule has 0 atom stereocenters. The van der Waals surface area contributed by atoms with Gasteiger partial charge in [-0.1, -0.05) is 19.6 Å². The van der Waals surface area contributed by atoms with Crippen molar-refractivity contribution in [1.82, 2.24) is 10.5 Å². The quantitative estimate of drug-likeness (QED) is 0.439. The topological polar surface area (TPSA) is 41.1 Å². The van der Waals surface area contributed by atoms with Gasteiger partial charge in [-0.15, -0.1) is 0 Å². The molecule has 0 rings (SSSR count). The molecule has 0 aromatic rings. The van der Waals surface area contributed by atoms with Gasteiger partial charge < -0.3 is 0 Å². The second-order valence-corrected chi connectivity index (χ2v) is 7.81. The molecule has 0 bridgehead atoms. The SMILES string of the molecule is CC(=O)NN[Si](C)(C)C. The zero-order valence-electron chi connectivity index (χ0n) is 6.41. The highest BCUT2D eigenvalue weighted by molar-refractivity contribution is 6.73. The summed E-state index contributed by atoms with van der Waals surface area (Å²) in [5.74, 6) is -0.0302. The number of carbonyl (C=O) groups excluding carboxylic acids is 1. The molecule has 54 valence electrons. The van der Waals surface area contributed by atoms with Crippen LogP contribution >= 0.6 is 0 Å². The van der Waals surface area contributed by atoms with E-state index in [4.69, 9.17) is 0 Å². The number of carbonyl (C=O) groups is 1. The smallest absolute Gasteiger partial charge is 0.230 e. The van der Waals surface area contributed by atoms with Gasteiger partial charge in [-0.3, -0.25) is 15.3 Å². The molecule has 0 unspecified atom stereocenters. The summed E-state index contributed by atoms with van der Waals surface area (Å²) in [7, 11) is -1.30. The standard InChI is InChI=1S/C5H14N2OSi/c1-5(8)6-7-9(2,3)4/h7H,1-4H3,(H,6,8). The Morgan fingerprint density at radius 2 is 1.78 bits per heavy atom. The van der Waals surface area contributed by atoms with E-state index in [-0.39, 0.29) is 5.91 Å². The van der Waals surface area contributed by atoms with Crippen LogP contribution in [0.5, 0.6) is 0 Å². The Balaban J connectivity index is 3.39. The lowest BCUT2D eigenvalue weighted by Crippen LogP contribution is -2.51. The van der Waals surface area contributed by atoms with E-state index in [0.717, 1.165) is 0 Å². The van der Waals surface area contributed by atoms with Crippen molar-refractivity contribution >= 4 is 14.1 Å². The molecule has 0 radical (unpaired) electrons. The Morgan fingerprint density at radius 1 is 1.33 bits per heavy atom. The Hall–Kier alpha value is -0.353. The van der Waals surface area contributed by atoms with Gasteiger partial charge in [-0.25, -0.2) is 0 Å². The minimum Gasteiger partial charge on any atom is -0.298 e. The molecule has 0 saturated heterocycles. The Morgan fingerprint density at radius 3 is 1.89 bits per heavy atom. The molecule has 0 saturated carbocycles. The average molecular weight is 146 g/mol. The third-order valence-electron chi connectivity index (χ3n) is 0.614. The molecule has 1 amide bonds. The average Bonchev–Trinajstić information content (AvgIpc) is 1.59. The van der Waals surface area contributed by atoms with Crippen LogP contribution < -0.4 is 10.5 Å². The number of nitrogens with one attached hydrogen (secondary N) is 2. The predicted octanol–water partition coefficient (Wildman–Crippen LogP) is 0.462. The number of amides is 1. The monoisotopic (exact) mass is 146 g/mol. The van der Waals surface area contributed by atoms with Crippen LogP contribution in [-0.4, -0.2) is 14.1 Å². The lowest BCUT2D eigenvalue weighted by Gasteiger charge is -2.17. The highest BCUT2D eigenvalue weighted by Crippen LogP contribution is 1.90. The minimum absolute atomic E-state index is 0.0302. The lowest BCUT2D eigenvalue weighted by atomic mass is 10.8. The highest BCUT2D eigenvalue weighted by atomic mass is 28.3. The lowest BCUT2D eigenvalue weighted by molar-refractivity contribution is -0.119. The highest BCUT2D eigenvalue weighted by Gasteiger charge is 2.11. The Bertz CT molecular complexity index is 108. The maximum atomic E-state index is 10.3. The fourth-order valence-corrected chi connectivity index (χ4v) is 0.827. The van der Waals surface area contributed by atoms with Crippen LogP contribution in [0.2, 0.25) is 19.6 Å². The van der Waals surface area contributed by atoms with Gasteiger partial charge in [-0.2, -0.15) is 0 Å². The maximum Gasteiger partial charge on any atom is 0.230 e. The van der Waals surface area contributed by atoms with Gasteiger partial charge in [0.1, 0.15) is 8.24 Å². The molecule has 0 aliphatic rings. The molecule has 0 aromatic carbocycles. The van der Waals surface area contributed by atoms with E-state index >= 15 is 0 Å². The van der Waals surface area contributed by atoms with Crippen molar-refractivity contribution in [3.8, 4) is 0 Å². The summed E-state index contributed by atoms with van der Waals surface area (Å²) in [5.41, 5.74) is 2.56. The van der Waals surface area contributed by atoms with Gasteiger partial charge >= 0.3 is 0 Å². The number of rotatable bonds is 2. The number of hydrazine groups is 1. The van der Waals surface area contributed by atoms with Gasteiger partial charge in [0.05, 0.1) is 0 Å². The second-order valence-electron chi connectivity index (χ2n) is 3.06. The van der Waals surface area contributed by atoms with Crippen molar-refractivity contribution in [2.24, 2.45) is 0 Å². The molecule has 0 fully saturated rings. The summed E-state index contributed by atoms with van der Waals surface area (Å²) in [6.45, 7) is 7.84. The van der Waals surface area contributed by atoms with E-state index < -0.39 is 8.24 Å². The van der Waals surface area contributed by atoms with Gasteiger partial charge in [0.2, 0.25) is 5.91 Å². The fraction of sp³-hybridized carbons (Fsp3) is 0.800. The summed E-state index contributed by atoms with van der Waals surface area (Å²) >= 11 is 0. The van der Waals surface area contributed by atoms with E-state index in [0.29, 0.717) is 0 Å². The van der Waals surface area contributed by atoms with Crippen molar-refractivity contribution in [3.63, 3.8) is 0 Å². The first kappa shape index (κ1) is 8.65. The summed E-state index contributed by atoms with van der Waals surface area (Å²) in [6, 6.07) is 0. The molecule has 4 heteroatoms. The molecule has 2 N–H and O–H groups in total. The van der Waals surface area contributed by atoms with E-state index in [1.807, 2.05) is 0 Å². The largest absolute Gasteiger partial charge is 0.298 e. The molecule has 0 aromatic heterocycles. The second kappa shape index (κ2) is 2.98. The third kappa shape index (κ3) is 7.65. The van der Waals surface area contributed by atoms with Crippen molar-refractivity contribution in [1.29, 1.82) is 0 Å². The Kier molecular flexibility index (Phi) is 2.86. The molecule has 0 heterocycles. The molecule has 0 spiro atoms. The van der Waals surface area contributed by atoms with E-state index in [9.17, 15) is 4.79 Å². The Labute approximate surface area is 56.9 Å². The van der Waals surface area contributed by atoms with Gasteiger partial charge in [-0.05, 0) is 0 Å². The first-order valence-electron chi connectivity index (χ1n) is 2.95. The van der Waals surface area contributed by atoms with Crippen LogP contribution in [0.3, 0.4) is 0 Å². The first-order valence-corrected chi connectivity index (χ1v) is 6.45. The summed E-state index contributed by atoms with van der Waals surface area (Å²) in [4.78, 5) is 10.3. The first-order chi connectivity index (χ1) is 3.92. The van der Waals surface area contributed by atoms with Crippen LogP contribution in [0, 0.1) is 0 Å². The molecule has 0 aliphatic heterocycles. The van der Waals surface area contributed by atoms with Gasteiger partial charge in [0.15, 0.2) is 0 Å². The van der Waals surface area contributed by atoms with Crippen LogP contribution in [0.15, 0.2) is 0 Å². The van der Waals surface area contributed by atoms with Crippen molar-refractivity contribution < 1.29 is 4.79 Å². The third-order valence-corrected chi connectivity index (χ3v) is 1.49. The van der Waals surface area contributed by atoms with Crippen LogP contribution in [0.25, 0.3) is 0 Å². The van der Waals surface area contributed by atoms with Crippen molar-refractivity contribution in [3.05, 3.63) is 0 Å². The predicted molar refractivity (Wildman–Crippen MR) is 40.3 cm³/mol. The molecule has 0 aliphatic carbocycles. The number of hydrogen-bond acceptors (Lipinski definition) is 2. The van der Waals surface area contributed by atoms with E-state index in [2.05, 4.69) is 30.2 Å². The molecular formula is C5H14N2OSi.